The number of nitrogens with one attached hydrogen (secondary N) is 1. The van der Waals surface area contributed by atoms with Crippen LogP contribution in [0, 0.1) is 11.8 Å². The first-order chi connectivity index (χ1) is 19.8. The number of aromatic hydroxyl groups is 1. The highest BCUT2D eigenvalue weighted by molar-refractivity contribution is 5.99. The predicted octanol–water partition coefficient (Wildman–Crippen LogP) is 3.14. The maximum absolute atomic E-state index is 13.1. The number of aromatic nitrogens is 2. The molecule has 204 valence electrons. The molecule has 0 radical (unpaired) electrons. The van der Waals surface area contributed by atoms with E-state index in [9.17, 15) is 19.5 Å². The van der Waals surface area contributed by atoms with Crippen LogP contribution in [-0.4, -0.2) is 57.4 Å². The van der Waals surface area contributed by atoms with E-state index in [-0.39, 0.29) is 24.7 Å². The Morgan fingerprint density at radius 3 is 2.56 bits per heavy atom. The van der Waals surface area contributed by atoms with Crippen molar-refractivity contribution in [1.82, 2.24) is 20.2 Å². The second kappa shape index (κ2) is 11.2. The number of methoxy groups -OCH3 is 1. The lowest BCUT2D eigenvalue weighted by molar-refractivity contribution is -0.111. The molecule has 3 heterocycles. The third-order valence-electron chi connectivity index (χ3n) is 6.62. The third kappa shape index (κ3) is 5.69. The molecule has 0 spiro atoms. The van der Waals surface area contributed by atoms with E-state index in [0.29, 0.717) is 40.1 Å². The van der Waals surface area contributed by atoms with Crippen LogP contribution in [0.15, 0.2) is 79.1 Å². The fourth-order valence-electron chi connectivity index (χ4n) is 4.57. The number of pyridine rings is 2. The number of urea groups is 1. The lowest BCUT2D eigenvalue weighted by atomic mass is 10.00. The van der Waals surface area contributed by atoms with Crippen LogP contribution in [0.1, 0.15) is 21.5 Å². The Kier molecular flexibility index (Phi) is 7.35. The number of carbonyl (C=O) groups excluding carboxylic acids is 3. The van der Waals surface area contributed by atoms with Crippen molar-refractivity contribution in [1.29, 1.82) is 0 Å². The standard InChI is InChI=1S/C31H25N5O5/c1-41-24-7-6-23-17-36(29(39)25(23)16-24)18-31(19-37,35-30(32)40)13-10-20-2-4-22(5-3-20)28-27(38)9-8-26(34-28)21-11-14-33-15-12-21/h2-9,11-12,14-16,19,38H,17-18H2,1H3,(H3,32,35,40)/t31-/m1/s1. The molecule has 0 saturated carbocycles. The van der Waals surface area contributed by atoms with Crippen molar-refractivity contribution in [2.45, 2.75) is 12.1 Å². The molecule has 1 aliphatic heterocycles. The molecule has 5 rings (SSSR count). The number of hydrogen-bond donors (Lipinski definition) is 3. The number of fused-ring (bicyclic) bond motifs is 1. The average Bonchev–Trinajstić information content (AvgIpc) is 3.30. The molecule has 0 unspecified atom stereocenters. The first-order valence-corrected chi connectivity index (χ1v) is 12.5. The van der Waals surface area contributed by atoms with Crippen molar-refractivity contribution >= 4 is 18.2 Å². The number of amides is 3. The average molecular weight is 548 g/mol. The van der Waals surface area contributed by atoms with Crippen LogP contribution in [0.5, 0.6) is 11.5 Å². The predicted molar refractivity (Wildman–Crippen MR) is 151 cm³/mol. The van der Waals surface area contributed by atoms with Crippen LogP contribution >= 0.6 is 0 Å². The Labute approximate surface area is 235 Å². The van der Waals surface area contributed by atoms with Crippen molar-refractivity contribution in [3.8, 4) is 45.9 Å². The summed E-state index contributed by atoms with van der Waals surface area (Å²) in [5.41, 5.74) is 7.95. The van der Waals surface area contributed by atoms with Crippen LogP contribution < -0.4 is 15.8 Å². The zero-order valence-corrected chi connectivity index (χ0v) is 22.0. The van der Waals surface area contributed by atoms with E-state index < -0.39 is 11.6 Å². The number of aldehydes is 1. The number of benzene rings is 2. The summed E-state index contributed by atoms with van der Waals surface area (Å²) in [5.74, 6) is 5.94. The van der Waals surface area contributed by atoms with E-state index in [0.717, 1.165) is 11.1 Å². The molecular formula is C31H25N5O5. The van der Waals surface area contributed by atoms with Gasteiger partial charge in [-0.1, -0.05) is 30.0 Å². The lowest BCUT2D eigenvalue weighted by Gasteiger charge is -2.28. The van der Waals surface area contributed by atoms with E-state index in [1.54, 1.807) is 67.0 Å². The van der Waals surface area contributed by atoms with Crippen molar-refractivity contribution < 1.29 is 24.2 Å². The molecule has 4 N–H and O–H groups in total. The van der Waals surface area contributed by atoms with E-state index in [4.69, 9.17) is 10.5 Å². The zero-order chi connectivity index (χ0) is 29.0. The van der Waals surface area contributed by atoms with Gasteiger partial charge >= 0.3 is 6.03 Å². The van der Waals surface area contributed by atoms with Crippen molar-refractivity contribution in [2.24, 2.45) is 5.73 Å². The van der Waals surface area contributed by atoms with Crippen LogP contribution in [0.4, 0.5) is 4.79 Å². The summed E-state index contributed by atoms with van der Waals surface area (Å²) in [6, 6.07) is 18.0. The van der Waals surface area contributed by atoms with Gasteiger partial charge in [0.15, 0.2) is 11.8 Å². The van der Waals surface area contributed by atoms with Gasteiger partial charge in [0.05, 0.1) is 19.3 Å². The number of nitrogens with zero attached hydrogens (tertiary/aromatic N) is 3. The number of carbonyl (C=O) groups is 3. The van der Waals surface area contributed by atoms with Crippen LogP contribution in [0.25, 0.3) is 22.5 Å². The summed E-state index contributed by atoms with van der Waals surface area (Å²) in [7, 11) is 1.51. The molecule has 10 nitrogen and oxygen atoms in total. The number of nitrogens with two attached hydrogens (primary N) is 1. The number of rotatable bonds is 7. The fraction of sp³-hybridized carbons (Fsp3) is 0.129. The molecule has 1 atom stereocenters. The minimum atomic E-state index is -1.75. The smallest absolute Gasteiger partial charge is 0.313 e. The van der Waals surface area contributed by atoms with Crippen LogP contribution in [0.2, 0.25) is 0 Å². The molecule has 0 saturated heterocycles. The summed E-state index contributed by atoms with van der Waals surface area (Å²) >= 11 is 0. The quantitative estimate of drug-likeness (QED) is 0.238. The van der Waals surface area contributed by atoms with E-state index >= 15 is 0 Å². The third-order valence-corrected chi connectivity index (χ3v) is 6.62. The topological polar surface area (TPSA) is 148 Å². The Balaban J connectivity index is 1.40. The first kappa shape index (κ1) is 26.9. The summed E-state index contributed by atoms with van der Waals surface area (Å²) in [5, 5.41) is 12.9. The van der Waals surface area contributed by atoms with Crippen molar-refractivity contribution in [3.05, 3.63) is 95.8 Å². The van der Waals surface area contributed by atoms with E-state index in [1.165, 1.54) is 12.0 Å². The SMILES string of the molecule is COc1ccc2c(c1)C(=O)N(C[C@](C#Cc1ccc(-c3nc(-c4ccncc4)ccc3O)cc1)(C=O)NC(N)=O)C2. The molecule has 2 aromatic carbocycles. The highest BCUT2D eigenvalue weighted by Crippen LogP contribution is 2.31. The molecule has 0 aliphatic carbocycles. The molecule has 41 heavy (non-hydrogen) atoms. The maximum Gasteiger partial charge on any atom is 0.313 e. The zero-order valence-electron chi connectivity index (χ0n) is 22.0. The molecule has 4 aromatic rings. The van der Waals surface area contributed by atoms with Crippen molar-refractivity contribution in [3.63, 3.8) is 0 Å². The van der Waals surface area contributed by atoms with Gasteiger partial charge in [-0.3, -0.25) is 14.6 Å². The first-order valence-electron chi connectivity index (χ1n) is 12.5. The van der Waals surface area contributed by atoms with Crippen LogP contribution in [-0.2, 0) is 11.3 Å². The Hall–Kier alpha value is -5.69. The van der Waals surface area contributed by atoms with Crippen molar-refractivity contribution in [2.75, 3.05) is 13.7 Å². The van der Waals surface area contributed by atoms with Gasteiger partial charge < -0.3 is 25.8 Å². The van der Waals surface area contributed by atoms with E-state index in [2.05, 4.69) is 27.1 Å². The van der Waals surface area contributed by atoms with Gasteiger partial charge in [-0.05, 0) is 54.1 Å². The highest BCUT2D eigenvalue weighted by atomic mass is 16.5. The molecular weight excluding hydrogens is 522 g/mol. The Morgan fingerprint density at radius 2 is 1.88 bits per heavy atom. The summed E-state index contributed by atoms with van der Waals surface area (Å²) in [6.07, 6.45) is 3.81. The number of ether oxygens (including phenoxy) is 1. The van der Waals surface area contributed by atoms with Gasteiger partial charge in [-0.15, -0.1) is 0 Å². The largest absolute Gasteiger partial charge is 0.506 e. The summed E-state index contributed by atoms with van der Waals surface area (Å²) in [6.45, 7) is 0.0273. The van der Waals surface area contributed by atoms with Gasteiger partial charge in [-0.2, -0.15) is 0 Å². The number of primary amides is 1. The minimum Gasteiger partial charge on any atom is -0.506 e. The highest BCUT2D eigenvalue weighted by Gasteiger charge is 2.37. The molecule has 2 aromatic heterocycles. The molecule has 0 fully saturated rings. The van der Waals surface area contributed by atoms with Gasteiger partial charge in [0.25, 0.3) is 5.91 Å². The molecule has 10 heteroatoms. The normalized spacial score (nSPS) is 13.4. The van der Waals surface area contributed by atoms with Gasteiger partial charge in [-0.25, -0.2) is 9.78 Å². The molecule has 1 aliphatic rings. The van der Waals surface area contributed by atoms with E-state index in [1.807, 2.05) is 12.1 Å². The molecule has 3 amide bonds. The van der Waals surface area contributed by atoms with Gasteiger partial charge in [0.1, 0.15) is 17.2 Å². The Morgan fingerprint density at radius 1 is 1.12 bits per heavy atom. The second-order valence-electron chi connectivity index (χ2n) is 9.39. The summed E-state index contributed by atoms with van der Waals surface area (Å²) < 4.78 is 5.21. The maximum atomic E-state index is 13.1. The number of hydrogen-bond acceptors (Lipinski definition) is 7. The lowest BCUT2D eigenvalue weighted by Crippen LogP contribution is -2.57. The minimum absolute atomic E-state index is 0.0150. The van der Waals surface area contributed by atoms with Crippen LogP contribution in [0.3, 0.4) is 0 Å². The summed E-state index contributed by atoms with van der Waals surface area (Å²) in [4.78, 5) is 47.3. The Bertz CT molecular complexity index is 1700. The van der Waals surface area contributed by atoms with Gasteiger partial charge in [0, 0.05) is 41.2 Å². The molecule has 0 bridgehead atoms. The van der Waals surface area contributed by atoms with Gasteiger partial charge in [0.2, 0.25) is 0 Å². The monoisotopic (exact) mass is 547 g/mol. The second-order valence-corrected chi connectivity index (χ2v) is 9.39. The fourth-order valence-corrected chi connectivity index (χ4v) is 4.57.